The third kappa shape index (κ3) is 3.35. The van der Waals surface area contributed by atoms with E-state index in [0.29, 0.717) is 0 Å². The lowest BCUT2D eigenvalue weighted by Crippen LogP contribution is -2.37. The highest BCUT2D eigenvalue weighted by Crippen LogP contribution is 2.20. The molecule has 2 rings (SSSR count). The Hall–Kier alpha value is -1.26. The monoisotopic (exact) mass is 236 g/mol. The number of benzene rings is 1. The van der Waals surface area contributed by atoms with E-state index in [0.717, 1.165) is 50.7 Å². The van der Waals surface area contributed by atoms with Gasteiger partial charge in [0.1, 0.15) is 5.75 Å². The number of nitrogens with zero attached hydrogens (tertiary/aromatic N) is 1. The molecule has 4 heteroatoms. The van der Waals surface area contributed by atoms with Crippen LogP contribution in [-0.4, -0.2) is 44.9 Å². The molecule has 0 radical (unpaired) electrons. The van der Waals surface area contributed by atoms with E-state index >= 15 is 0 Å². The van der Waals surface area contributed by atoms with Crippen LogP contribution in [0.1, 0.15) is 5.56 Å². The molecular formula is C13H20N2O2. The van der Waals surface area contributed by atoms with Crippen molar-refractivity contribution in [1.82, 2.24) is 4.90 Å². The van der Waals surface area contributed by atoms with Gasteiger partial charge in [0.15, 0.2) is 0 Å². The number of hydrogen-bond acceptors (Lipinski definition) is 4. The number of methoxy groups -OCH3 is 1. The zero-order valence-electron chi connectivity index (χ0n) is 10.3. The van der Waals surface area contributed by atoms with Crippen LogP contribution in [0.3, 0.4) is 0 Å². The standard InChI is InChI=1S/C13H20N2O2/c1-16-12-3-2-11(13(14)10-12)4-5-15-6-8-17-9-7-15/h2-3,10H,4-9,14H2,1H3. The number of nitrogens with two attached hydrogens (primary N) is 1. The third-order valence-corrected chi connectivity index (χ3v) is 3.15. The summed E-state index contributed by atoms with van der Waals surface area (Å²) in [5.74, 6) is 0.817. The Morgan fingerprint density at radius 1 is 1.35 bits per heavy atom. The van der Waals surface area contributed by atoms with Gasteiger partial charge < -0.3 is 15.2 Å². The molecule has 1 aliphatic heterocycles. The van der Waals surface area contributed by atoms with Gasteiger partial charge in [0.05, 0.1) is 20.3 Å². The molecule has 1 aromatic rings. The zero-order chi connectivity index (χ0) is 12.1. The topological polar surface area (TPSA) is 47.7 Å². The highest BCUT2D eigenvalue weighted by molar-refractivity contribution is 5.51. The fourth-order valence-corrected chi connectivity index (χ4v) is 2.03. The maximum Gasteiger partial charge on any atom is 0.120 e. The van der Waals surface area contributed by atoms with Gasteiger partial charge >= 0.3 is 0 Å². The van der Waals surface area contributed by atoms with Crippen LogP contribution >= 0.6 is 0 Å². The molecule has 0 spiro atoms. The van der Waals surface area contributed by atoms with E-state index in [1.165, 1.54) is 5.56 Å². The van der Waals surface area contributed by atoms with Crippen LogP contribution in [0.25, 0.3) is 0 Å². The molecule has 1 saturated heterocycles. The van der Waals surface area contributed by atoms with Crippen LogP contribution in [0.15, 0.2) is 18.2 Å². The van der Waals surface area contributed by atoms with E-state index in [9.17, 15) is 0 Å². The quantitative estimate of drug-likeness (QED) is 0.797. The lowest BCUT2D eigenvalue weighted by Gasteiger charge is -2.26. The van der Waals surface area contributed by atoms with Gasteiger partial charge in [-0.15, -0.1) is 0 Å². The normalized spacial score (nSPS) is 17.0. The molecular weight excluding hydrogens is 216 g/mol. The van der Waals surface area contributed by atoms with Crippen molar-refractivity contribution in [3.8, 4) is 5.75 Å². The molecule has 1 fully saturated rings. The van der Waals surface area contributed by atoms with Gasteiger partial charge in [0, 0.05) is 31.4 Å². The molecule has 0 unspecified atom stereocenters. The first kappa shape index (κ1) is 12.2. The molecule has 0 atom stereocenters. The summed E-state index contributed by atoms with van der Waals surface area (Å²) in [6.07, 6.45) is 0.982. The summed E-state index contributed by atoms with van der Waals surface area (Å²) in [5, 5.41) is 0. The minimum atomic E-state index is 0.817. The number of nitrogen functional groups attached to an aromatic ring is 1. The molecule has 2 N–H and O–H groups in total. The smallest absolute Gasteiger partial charge is 0.120 e. The van der Waals surface area contributed by atoms with Gasteiger partial charge in [-0.25, -0.2) is 0 Å². The summed E-state index contributed by atoms with van der Waals surface area (Å²) >= 11 is 0. The molecule has 17 heavy (non-hydrogen) atoms. The van der Waals surface area contributed by atoms with Crippen molar-refractivity contribution in [2.24, 2.45) is 0 Å². The van der Waals surface area contributed by atoms with Crippen LogP contribution in [0, 0.1) is 0 Å². The fraction of sp³-hybridized carbons (Fsp3) is 0.538. The lowest BCUT2D eigenvalue weighted by molar-refractivity contribution is 0.0384. The first-order valence-electron chi connectivity index (χ1n) is 6.02. The van der Waals surface area contributed by atoms with Crippen molar-refractivity contribution in [3.63, 3.8) is 0 Å². The molecule has 0 bridgehead atoms. The predicted octanol–water partition coefficient (Wildman–Crippen LogP) is 1.15. The van der Waals surface area contributed by atoms with E-state index in [4.69, 9.17) is 15.2 Å². The minimum Gasteiger partial charge on any atom is -0.497 e. The third-order valence-electron chi connectivity index (χ3n) is 3.15. The summed E-state index contributed by atoms with van der Waals surface area (Å²) in [6, 6.07) is 5.90. The lowest BCUT2D eigenvalue weighted by atomic mass is 10.1. The van der Waals surface area contributed by atoms with Crippen LogP contribution in [0.2, 0.25) is 0 Å². The maximum atomic E-state index is 5.99. The Morgan fingerprint density at radius 3 is 2.76 bits per heavy atom. The number of ether oxygens (including phenoxy) is 2. The second kappa shape index (κ2) is 5.89. The minimum absolute atomic E-state index is 0.817. The van der Waals surface area contributed by atoms with Crippen LogP contribution in [0.4, 0.5) is 5.69 Å². The second-order valence-electron chi connectivity index (χ2n) is 4.27. The van der Waals surface area contributed by atoms with Gasteiger partial charge in [-0.3, -0.25) is 4.90 Å². The van der Waals surface area contributed by atoms with Crippen LogP contribution in [0.5, 0.6) is 5.75 Å². The van der Waals surface area contributed by atoms with E-state index < -0.39 is 0 Å². The summed E-state index contributed by atoms with van der Waals surface area (Å²) in [4.78, 5) is 2.41. The average molecular weight is 236 g/mol. The van der Waals surface area contributed by atoms with Gasteiger partial charge in [-0.1, -0.05) is 6.07 Å². The first-order valence-corrected chi connectivity index (χ1v) is 6.02. The predicted molar refractivity (Wildman–Crippen MR) is 68.4 cm³/mol. The fourth-order valence-electron chi connectivity index (χ4n) is 2.03. The van der Waals surface area contributed by atoms with Gasteiger partial charge in [0.25, 0.3) is 0 Å². The SMILES string of the molecule is COc1ccc(CCN2CCOCC2)c(N)c1. The van der Waals surface area contributed by atoms with Crippen LogP contribution in [-0.2, 0) is 11.2 Å². The Bertz CT molecular complexity index is 362. The number of hydrogen-bond donors (Lipinski definition) is 1. The number of morpholine rings is 1. The Kier molecular flexibility index (Phi) is 4.23. The molecule has 4 nitrogen and oxygen atoms in total. The molecule has 0 amide bonds. The Balaban J connectivity index is 1.89. The van der Waals surface area contributed by atoms with E-state index in [2.05, 4.69) is 11.0 Å². The summed E-state index contributed by atoms with van der Waals surface area (Å²) in [7, 11) is 1.65. The van der Waals surface area contributed by atoms with Crippen molar-refractivity contribution >= 4 is 5.69 Å². The second-order valence-corrected chi connectivity index (χ2v) is 4.27. The summed E-state index contributed by atoms with van der Waals surface area (Å²) in [6.45, 7) is 4.78. The van der Waals surface area contributed by atoms with Crippen molar-refractivity contribution < 1.29 is 9.47 Å². The molecule has 0 aromatic heterocycles. The number of anilines is 1. The number of rotatable bonds is 4. The molecule has 0 aliphatic carbocycles. The molecule has 1 heterocycles. The highest BCUT2D eigenvalue weighted by Gasteiger charge is 2.10. The summed E-state index contributed by atoms with van der Waals surface area (Å²) < 4.78 is 10.5. The van der Waals surface area contributed by atoms with E-state index in [-0.39, 0.29) is 0 Å². The highest BCUT2D eigenvalue weighted by atomic mass is 16.5. The molecule has 1 aliphatic rings. The molecule has 94 valence electrons. The Morgan fingerprint density at radius 2 is 2.12 bits per heavy atom. The van der Waals surface area contributed by atoms with Crippen molar-refractivity contribution in [3.05, 3.63) is 23.8 Å². The van der Waals surface area contributed by atoms with Crippen LogP contribution < -0.4 is 10.5 Å². The van der Waals surface area contributed by atoms with Crippen molar-refractivity contribution in [2.45, 2.75) is 6.42 Å². The van der Waals surface area contributed by atoms with Crippen molar-refractivity contribution in [1.29, 1.82) is 0 Å². The maximum absolute atomic E-state index is 5.99. The average Bonchev–Trinajstić information content (AvgIpc) is 2.38. The zero-order valence-corrected chi connectivity index (χ0v) is 10.3. The van der Waals surface area contributed by atoms with E-state index in [1.807, 2.05) is 12.1 Å². The first-order chi connectivity index (χ1) is 8.29. The van der Waals surface area contributed by atoms with Gasteiger partial charge in [0.2, 0.25) is 0 Å². The van der Waals surface area contributed by atoms with E-state index in [1.54, 1.807) is 7.11 Å². The molecule has 0 saturated carbocycles. The Labute approximate surface area is 102 Å². The van der Waals surface area contributed by atoms with Gasteiger partial charge in [-0.05, 0) is 18.1 Å². The summed E-state index contributed by atoms with van der Waals surface area (Å²) in [5.41, 5.74) is 8.00. The largest absolute Gasteiger partial charge is 0.497 e. The van der Waals surface area contributed by atoms with Crippen molar-refractivity contribution in [2.75, 3.05) is 45.7 Å². The molecule has 1 aromatic carbocycles. The van der Waals surface area contributed by atoms with Gasteiger partial charge in [-0.2, -0.15) is 0 Å².